The minimum absolute atomic E-state index is 0.258. The Morgan fingerprint density at radius 3 is 2.52 bits per heavy atom. The number of aliphatic carboxylic acids is 1. The molecular formula is C16H20N2O3. The summed E-state index contributed by atoms with van der Waals surface area (Å²) < 4.78 is 5.26. The molecular weight excluding hydrogens is 268 g/mol. The molecule has 5 nitrogen and oxygen atoms in total. The third-order valence-corrected chi connectivity index (χ3v) is 4.15. The molecule has 0 unspecified atom stereocenters. The third kappa shape index (κ3) is 2.96. The third-order valence-electron chi connectivity index (χ3n) is 4.15. The molecule has 1 aromatic carbocycles. The van der Waals surface area contributed by atoms with Crippen LogP contribution in [0.25, 0.3) is 11.4 Å². The average molecular weight is 288 g/mol. The predicted octanol–water partition coefficient (Wildman–Crippen LogP) is 3.48. The van der Waals surface area contributed by atoms with E-state index in [4.69, 9.17) is 4.52 Å². The molecule has 1 heterocycles. The van der Waals surface area contributed by atoms with Crippen molar-refractivity contribution >= 4 is 5.97 Å². The van der Waals surface area contributed by atoms with Gasteiger partial charge in [0.2, 0.25) is 11.7 Å². The molecule has 0 bridgehead atoms. The highest BCUT2D eigenvalue weighted by atomic mass is 16.5. The number of aryl methyl sites for hydroxylation is 1. The Morgan fingerprint density at radius 2 is 1.95 bits per heavy atom. The Balaban J connectivity index is 2.28. The van der Waals surface area contributed by atoms with Gasteiger partial charge in [-0.1, -0.05) is 43.3 Å². The van der Waals surface area contributed by atoms with Crippen molar-refractivity contribution in [1.82, 2.24) is 10.1 Å². The van der Waals surface area contributed by atoms with Gasteiger partial charge in [0.05, 0.1) is 5.41 Å². The van der Waals surface area contributed by atoms with E-state index in [1.54, 1.807) is 0 Å². The Morgan fingerprint density at radius 1 is 1.29 bits per heavy atom. The van der Waals surface area contributed by atoms with Crippen molar-refractivity contribution in [2.45, 2.75) is 40.0 Å². The van der Waals surface area contributed by atoms with Crippen molar-refractivity contribution in [3.05, 3.63) is 35.7 Å². The first-order chi connectivity index (χ1) is 10.0. The molecule has 0 saturated heterocycles. The largest absolute Gasteiger partial charge is 0.481 e. The number of nitrogens with zero attached hydrogens (tertiary/aromatic N) is 2. The maximum Gasteiger partial charge on any atom is 0.310 e. The monoisotopic (exact) mass is 288 g/mol. The van der Waals surface area contributed by atoms with Gasteiger partial charge >= 0.3 is 5.97 Å². The predicted molar refractivity (Wildman–Crippen MR) is 78.8 cm³/mol. The lowest BCUT2D eigenvalue weighted by molar-refractivity contribution is -0.149. The molecule has 1 N–H and O–H groups in total. The molecule has 21 heavy (non-hydrogen) atoms. The maximum atomic E-state index is 11.5. The second-order valence-electron chi connectivity index (χ2n) is 5.30. The molecule has 112 valence electrons. The zero-order valence-corrected chi connectivity index (χ0v) is 12.6. The first-order valence-electron chi connectivity index (χ1n) is 7.14. The van der Waals surface area contributed by atoms with Crippen molar-refractivity contribution in [1.29, 1.82) is 0 Å². The van der Waals surface area contributed by atoms with Crippen LogP contribution in [0.4, 0.5) is 0 Å². The summed E-state index contributed by atoms with van der Waals surface area (Å²) in [6.45, 7) is 5.72. The van der Waals surface area contributed by atoms with E-state index in [-0.39, 0.29) is 6.42 Å². The minimum Gasteiger partial charge on any atom is -0.481 e. The summed E-state index contributed by atoms with van der Waals surface area (Å²) >= 11 is 0. The quantitative estimate of drug-likeness (QED) is 0.880. The molecule has 5 heteroatoms. The van der Waals surface area contributed by atoms with Gasteiger partial charge in [-0.3, -0.25) is 4.79 Å². The lowest BCUT2D eigenvalue weighted by Crippen LogP contribution is -2.32. The standard InChI is InChI=1S/C16H20N2O3/c1-4-16(5-2,15(19)20)10-13-17-14(18-21-13)12-9-7-6-8-11(12)3/h6-9H,4-5,10H2,1-3H3,(H,19,20). The Labute approximate surface area is 124 Å². The Hall–Kier alpha value is -2.17. The molecule has 0 fully saturated rings. The number of carbonyl (C=O) groups is 1. The Bertz CT molecular complexity index is 630. The summed E-state index contributed by atoms with van der Waals surface area (Å²) in [6.07, 6.45) is 1.32. The van der Waals surface area contributed by atoms with Gasteiger partial charge in [0, 0.05) is 12.0 Å². The summed E-state index contributed by atoms with van der Waals surface area (Å²) in [6, 6.07) is 7.76. The fraction of sp³-hybridized carbons (Fsp3) is 0.438. The van der Waals surface area contributed by atoms with Crippen LogP contribution in [-0.4, -0.2) is 21.2 Å². The van der Waals surface area contributed by atoms with Crippen molar-refractivity contribution in [2.75, 3.05) is 0 Å². The second-order valence-corrected chi connectivity index (χ2v) is 5.30. The number of carboxylic acids is 1. The van der Waals surface area contributed by atoms with Crippen LogP contribution < -0.4 is 0 Å². The molecule has 0 saturated carbocycles. The van der Waals surface area contributed by atoms with Crippen LogP contribution in [0.3, 0.4) is 0 Å². The fourth-order valence-electron chi connectivity index (χ4n) is 2.43. The summed E-state index contributed by atoms with van der Waals surface area (Å²) in [7, 11) is 0. The van der Waals surface area contributed by atoms with E-state index in [2.05, 4.69) is 10.1 Å². The summed E-state index contributed by atoms with van der Waals surface area (Å²) in [4.78, 5) is 15.9. The van der Waals surface area contributed by atoms with E-state index in [1.807, 2.05) is 45.0 Å². The molecule has 0 amide bonds. The number of hydrogen-bond acceptors (Lipinski definition) is 4. The molecule has 0 aliphatic carbocycles. The van der Waals surface area contributed by atoms with Gasteiger partial charge in [-0.2, -0.15) is 4.98 Å². The van der Waals surface area contributed by atoms with Crippen LogP contribution in [0.2, 0.25) is 0 Å². The molecule has 0 aliphatic heterocycles. The topological polar surface area (TPSA) is 76.2 Å². The molecule has 0 spiro atoms. The molecule has 1 aromatic heterocycles. The van der Waals surface area contributed by atoms with Crippen molar-refractivity contribution in [3.8, 4) is 11.4 Å². The lowest BCUT2D eigenvalue weighted by atomic mass is 9.79. The summed E-state index contributed by atoms with van der Waals surface area (Å²) in [5.41, 5.74) is 1.12. The highest BCUT2D eigenvalue weighted by Crippen LogP contribution is 2.31. The van der Waals surface area contributed by atoms with Crippen molar-refractivity contribution < 1.29 is 14.4 Å². The molecule has 2 aromatic rings. The SMILES string of the molecule is CCC(CC)(Cc1nc(-c2ccccc2C)no1)C(=O)O. The van der Waals surface area contributed by atoms with Crippen molar-refractivity contribution in [2.24, 2.45) is 5.41 Å². The van der Waals surface area contributed by atoms with Gasteiger partial charge in [-0.15, -0.1) is 0 Å². The number of aromatic nitrogens is 2. The summed E-state index contributed by atoms with van der Waals surface area (Å²) in [5, 5.41) is 13.4. The van der Waals surface area contributed by atoms with Crippen LogP contribution in [-0.2, 0) is 11.2 Å². The van der Waals surface area contributed by atoms with Gasteiger partial charge in [-0.05, 0) is 25.3 Å². The first-order valence-corrected chi connectivity index (χ1v) is 7.14. The molecule has 0 atom stereocenters. The highest BCUT2D eigenvalue weighted by Gasteiger charge is 2.37. The van der Waals surface area contributed by atoms with Crippen LogP contribution in [0.1, 0.15) is 38.1 Å². The fourth-order valence-corrected chi connectivity index (χ4v) is 2.43. The Kier molecular flexibility index (Phi) is 4.40. The zero-order valence-electron chi connectivity index (χ0n) is 12.6. The smallest absolute Gasteiger partial charge is 0.310 e. The van der Waals surface area contributed by atoms with Crippen LogP contribution in [0.15, 0.2) is 28.8 Å². The zero-order chi connectivity index (χ0) is 15.5. The first kappa shape index (κ1) is 15.2. The number of carboxylic acid groups (broad SMARTS) is 1. The minimum atomic E-state index is -0.838. The molecule has 2 rings (SSSR count). The van der Waals surface area contributed by atoms with Gasteiger partial charge in [0.15, 0.2) is 0 Å². The van der Waals surface area contributed by atoms with E-state index in [0.29, 0.717) is 24.6 Å². The maximum absolute atomic E-state index is 11.5. The summed E-state index contributed by atoms with van der Waals surface area (Å²) in [5.74, 6) is 0.0667. The number of hydrogen-bond donors (Lipinski definition) is 1. The van der Waals surface area contributed by atoms with E-state index in [0.717, 1.165) is 11.1 Å². The van der Waals surface area contributed by atoms with Gasteiger partial charge in [0.25, 0.3) is 0 Å². The van der Waals surface area contributed by atoms with Crippen molar-refractivity contribution in [3.63, 3.8) is 0 Å². The van der Waals surface area contributed by atoms with Crippen LogP contribution in [0.5, 0.6) is 0 Å². The van der Waals surface area contributed by atoms with E-state index in [9.17, 15) is 9.90 Å². The van der Waals surface area contributed by atoms with Crippen LogP contribution >= 0.6 is 0 Å². The van der Waals surface area contributed by atoms with Gasteiger partial charge in [-0.25, -0.2) is 0 Å². The number of rotatable bonds is 6. The molecule has 0 radical (unpaired) electrons. The second kappa shape index (κ2) is 6.08. The highest BCUT2D eigenvalue weighted by molar-refractivity contribution is 5.74. The van der Waals surface area contributed by atoms with Gasteiger partial charge in [0.1, 0.15) is 0 Å². The van der Waals surface area contributed by atoms with Gasteiger partial charge < -0.3 is 9.63 Å². The van der Waals surface area contributed by atoms with E-state index in [1.165, 1.54) is 0 Å². The lowest BCUT2D eigenvalue weighted by Gasteiger charge is -2.24. The van der Waals surface area contributed by atoms with E-state index >= 15 is 0 Å². The average Bonchev–Trinajstić information content (AvgIpc) is 2.93. The van der Waals surface area contributed by atoms with Crippen LogP contribution in [0, 0.1) is 12.3 Å². The number of benzene rings is 1. The molecule has 0 aliphatic rings. The normalized spacial score (nSPS) is 11.6. The van der Waals surface area contributed by atoms with E-state index < -0.39 is 11.4 Å².